The molecule has 1 N–H and O–H groups in total. The molecule has 0 saturated heterocycles. The normalized spacial score (nSPS) is 13.5. The van der Waals surface area contributed by atoms with Gasteiger partial charge in [0.15, 0.2) is 12.1 Å². The molecule has 0 saturated carbocycles. The predicted octanol–water partition coefficient (Wildman–Crippen LogP) is 1.16. The van der Waals surface area contributed by atoms with Crippen LogP contribution >= 0.6 is 0 Å². The molecule has 1 atom stereocenters. The van der Waals surface area contributed by atoms with Crippen LogP contribution in [0.2, 0.25) is 0 Å². The molecular weight excluding hydrogens is 180 g/mol. The zero-order chi connectivity index (χ0) is 10.6. The van der Waals surface area contributed by atoms with Crippen LogP contribution in [0.3, 0.4) is 0 Å². The number of aliphatic hydroxyl groups is 1. The van der Waals surface area contributed by atoms with Crippen molar-refractivity contribution in [2.75, 3.05) is 0 Å². The summed E-state index contributed by atoms with van der Waals surface area (Å²) in [7, 11) is 0. The first kappa shape index (κ1) is 11.1. The molecule has 1 heterocycles. The monoisotopic (exact) mass is 198 g/mol. The molecule has 0 aliphatic heterocycles. The van der Waals surface area contributed by atoms with E-state index in [0.717, 1.165) is 18.7 Å². The second-order valence-electron chi connectivity index (χ2n) is 3.91. The van der Waals surface area contributed by atoms with E-state index in [1.54, 1.807) is 0 Å². The maximum Gasteiger partial charge on any atom is 0.154 e. The fourth-order valence-electron chi connectivity index (χ4n) is 1.32. The minimum atomic E-state index is -0.580. The van der Waals surface area contributed by atoms with Crippen LogP contribution in [0.25, 0.3) is 0 Å². The number of hydrogen-bond acceptors (Lipinski definition) is 4. The summed E-state index contributed by atoms with van der Waals surface area (Å²) in [4.78, 5) is 0. The fourth-order valence-corrected chi connectivity index (χ4v) is 1.32. The molecule has 0 bridgehead atoms. The zero-order valence-corrected chi connectivity index (χ0v) is 9.01. The summed E-state index contributed by atoms with van der Waals surface area (Å²) < 4.78 is 1.52. The van der Waals surface area contributed by atoms with Gasteiger partial charge in [-0.15, -0.1) is 5.10 Å². The lowest BCUT2D eigenvalue weighted by atomic mass is 10.1. The van der Waals surface area contributed by atoms with Crippen molar-refractivity contribution in [3.63, 3.8) is 0 Å². The molecule has 1 aromatic rings. The standard InChI is InChI=1S/C9H18N4O/c1-4-5-9(14)13-8(6-7(2)3)10-11-12-13/h7,9,14H,4-6H2,1-3H3. The largest absolute Gasteiger partial charge is 0.372 e. The number of rotatable bonds is 5. The average Bonchev–Trinajstić information content (AvgIpc) is 2.51. The van der Waals surface area contributed by atoms with Crippen LogP contribution in [-0.4, -0.2) is 25.3 Å². The number of nitrogens with zero attached hydrogens (tertiary/aromatic N) is 4. The van der Waals surface area contributed by atoms with Crippen LogP contribution in [0.4, 0.5) is 0 Å². The van der Waals surface area contributed by atoms with E-state index in [-0.39, 0.29) is 0 Å². The molecule has 1 unspecified atom stereocenters. The van der Waals surface area contributed by atoms with Gasteiger partial charge in [0.25, 0.3) is 0 Å². The molecule has 80 valence electrons. The second kappa shape index (κ2) is 5.05. The van der Waals surface area contributed by atoms with E-state index < -0.39 is 6.23 Å². The minimum absolute atomic E-state index is 0.494. The van der Waals surface area contributed by atoms with Gasteiger partial charge in [-0.2, -0.15) is 0 Å². The highest BCUT2D eigenvalue weighted by Crippen LogP contribution is 2.12. The lowest BCUT2D eigenvalue weighted by Gasteiger charge is -2.11. The molecule has 0 aliphatic rings. The Morgan fingerprint density at radius 2 is 2.14 bits per heavy atom. The number of tetrazole rings is 1. The van der Waals surface area contributed by atoms with E-state index >= 15 is 0 Å². The molecule has 0 radical (unpaired) electrons. The van der Waals surface area contributed by atoms with E-state index in [2.05, 4.69) is 29.4 Å². The Labute approximate surface area is 84.1 Å². The molecule has 5 nitrogen and oxygen atoms in total. The van der Waals surface area contributed by atoms with Crippen LogP contribution in [-0.2, 0) is 6.42 Å². The van der Waals surface area contributed by atoms with Crippen LogP contribution in [0.1, 0.15) is 45.7 Å². The Bertz CT molecular complexity index is 272. The lowest BCUT2D eigenvalue weighted by molar-refractivity contribution is 0.0751. The van der Waals surface area contributed by atoms with Gasteiger partial charge in [-0.25, -0.2) is 4.68 Å². The molecule has 5 heteroatoms. The molecule has 1 rings (SSSR count). The van der Waals surface area contributed by atoms with Gasteiger partial charge in [0, 0.05) is 6.42 Å². The molecular formula is C9H18N4O. The van der Waals surface area contributed by atoms with Crippen molar-refractivity contribution >= 4 is 0 Å². The Balaban J connectivity index is 2.70. The van der Waals surface area contributed by atoms with Crippen molar-refractivity contribution in [2.24, 2.45) is 5.92 Å². The van der Waals surface area contributed by atoms with Crippen molar-refractivity contribution in [3.05, 3.63) is 5.82 Å². The highest BCUT2D eigenvalue weighted by Gasteiger charge is 2.14. The SMILES string of the molecule is CCCC(O)n1nnnc1CC(C)C. The highest BCUT2D eigenvalue weighted by atomic mass is 16.3. The molecule has 14 heavy (non-hydrogen) atoms. The van der Waals surface area contributed by atoms with Crippen molar-refractivity contribution in [3.8, 4) is 0 Å². The van der Waals surface area contributed by atoms with Crippen molar-refractivity contribution in [1.82, 2.24) is 20.2 Å². The van der Waals surface area contributed by atoms with E-state index in [4.69, 9.17) is 0 Å². The summed E-state index contributed by atoms with van der Waals surface area (Å²) in [6.07, 6.45) is 1.83. The van der Waals surface area contributed by atoms with Gasteiger partial charge in [0.2, 0.25) is 0 Å². The predicted molar refractivity (Wildman–Crippen MR) is 52.5 cm³/mol. The summed E-state index contributed by atoms with van der Waals surface area (Å²) in [5, 5.41) is 21.0. The Kier molecular flexibility index (Phi) is 4.00. The van der Waals surface area contributed by atoms with Crippen molar-refractivity contribution in [2.45, 2.75) is 46.3 Å². The third kappa shape index (κ3) is 2.77. The molecule has 0 aliphatic carbocycles. The maximum atomic E-state index is 9.72. The van der Waals surface area contributed by atoms with Gasteiger partial charge in [-0.1, -0.05) is 27.2 Å². The van der Waals surface area contributed by atoms with Crippen LogP contribution in [0.15, 0.2) is 0 Å². The van der Waals surface area contributed by atoms with Gasteiger partial charge < -0.3 is 5.11 Å². The first-order valence-corrected chi connectivity index (χ1v) is 5.10. The van der Waals surface area contributed by atoms with Crippen molar-refractivity contribution in [1.29, 1.82) is 0 Å². The quantitative estimate of drug-likeness (QED) is 0.771. The second-order valence-corrected chi connectivity index (χ2v) is 3.91. The fraction of sp³-hybridized carbons (Fsp3) is 0.889. The summed E-state index contributed by atoms with van der Waals surface area (Å²) in [5.41, 5.74) is 0. The van der Waals surface area contributed by atoms with Crippen LogP contribution in [0.5, 0.6) is 0 Å². The Hall–Kier alpha value is -0.970. The average molecular weight is 198 g/mol. The topological polar surface area (TPSA) is 63.8 Å². The van der Waals surface area contributed by atoms with Gasteiger partial charge in [0.1, 0.15) is 0 Å². The third-order valence-electron chi connectivity index (χ3n) is 1.98. The van der Waals surface area contributed by atoms with E-state index in [1.807, 2.05) is 6.92 Å². The Morgan fingerprint density at radius 1 is 1.43 bits per heavy atom. The van der Waals surface area contributed by atoms with E-state index in [0.29, 0.717) is 12.3 Å². The summed E-state index contributed by atoms with van der Waals surface area (Å²) >= 11 is 0. The smallest absolute Gasteiger partial charge is 0.154 e. The summed E-state index contributed by atoms with van der Waals surface area (Å²) in [5.74, 6) is 1.26. The number of aromatic nitrogens is 4. The van der Waals surface area contributed by atoms with Crippen molar-refractivity contribution < 1.29 is 5.11 Å². The molecule has 0 spiro atoms. The van der Waals surface area contributed by atoms with E-state index in [9.17, 15) is 5.11 Å². The highest BCUT2D eigenvalue weighted by molar-refractivity contribution is 4.83. The third-order valence-corrected chi connectivity index (χ3v) is 1.98. The maximum absolute atomic E-state index is 9.72. The molecule has 1 aromatic heterocycles. The summed E-state index contributed by atoms with van der Waals surface area (Å²) in [6, 6.07) is 0. The zero-order valence-electron chi connectivity index (χ0n) is 9.01. The van der Waals surface area contributed by atoms with Crippen LogP contribution in [0, 0.1) is 5.92 Å². The minimum Gasteiger partial charge on any atom is -0.372 e. The Morgan fingerprint density at radius 3 is 2.71 bits per heavy atom. The molecule has 0 aromatic carbocycles. The van der Waals surface area contributed by atoms with E-state index in [1.165, 1.54) is 4.68 Å². The van der Waals surface area contributed by atoms with Gasteiger partial charge in [0.05, 0.1) is 0 Å². The number of hydrogen-bond donors (Lipinski definition) is 1. The first-order valence-electron chi connectivity index (χ1n) is 5.10. The number of aliphatic hydroxyl groups excluding tert-OH is 1. The van der Waals surface area contributed by atoms with Gasteiger partial charge >= 0.3 is 0 Å². The van der Waals surface area contributed by atoms with Gasteiger partial charge in [-0.3, -0.25) is 0 Å². The summed E-state index contributed by atoms with van der Waals surface area (Å²) in [6.45, 7) is 6.23. The van der Waals surface area contributed by atoms with Crippen LogP contribution < -0.4 is 0 Å². The molecule has 0 fully saturated rings. The molecule has 0 amide bonds. The first-order chi connectivity index (χ1) is 6.65. The lowest BCUT2D eigenvalue weighted by Crippen LogP contribution is -2.14. The van der Waals surface area contributed by atoms with Gasteiger partial charge in [-0.05, 0) is 22.8 Å².